The number of nitrogens with one attached hydrogen (secondary N) is 1. The number of imidazole rings is 1. The van der Waals surface area contributed by atoms with Crippen LogP contribution in [0.1, 0.15) is 5.56 Å². The molecule has 3 aromatic rings. The number of aromatic amines is 1. The summed E-state index contributed by atoms with van der Waals surface area (Å²) >= 11 is 12.3. The van der Waals surface area contributed by atoms with Gasteiger partial charge in [-0.3, -0.25) is 4.57 Å². The highest BCUT2D eigenvalue weighted by atomic mass is 79.9. The number of fused-ring (bicyclic) bond motifs is 1. The van der Waals surface area contributed by atoms with E-state index in [4.69, 9.17) is 12.2 Å². The number of benzene rings is 1. The molecule has 0 amide bonds. The van der Waals surface area contributed by atoms with Crippen LogP contribution in [0.4, 0.5) is 0 Å². The van der Waals surface area contributed by atoms with Gasteiger partial charge < -0.3 is 4.98 Å². The van der Waals surface area contributed by atoms with Crippen LogP contribution in [0.25, 0.3) is 16.9 Å². The summed E-state index contributed by atoms with van der Waals surface area (Å²) in [6.07, 6.45) is 1.77. The molecule has 6 heteroatoms. The van der Waals surface area contributed by atoms with Crippen molar-refractivity contribution in [1.82, 2.24) is 14.5 Å². The fourth-order valence-electron chi connectivity index (χ4n) is 2.06. The first-order chi connectivity index (χ1) is 9.06. The molecule has 3 rings (SSSR count). The maximum absolute atomic E-state index is 5.41. The lowest BCUT2D eigenvalue weighted by Gasteiger charge is -2.08. The predicted octanol–water partition coefficient (Wildman–Crippen LogP) is 4.92. The predicted molar refractivity (Wildman–Crippen MR) is 86.4 cm³/mol. The molecule has 2 heterocycles. The fourth-order valence-corrected chi connectivity index (χ4v) is 3.16. The lowest BCUT2D eigenvalue weighted by Crippen LogP contribution is -1.98. The summed E-state index contributed by atoms with van der Waals surface area (Å²) in [5.41, 5.74) is 3.92. The van der Waals surface area contributed by atoms with Crippen LogP contribution in [0.3, 0.4) is 0 Å². The summed E-state index contributed by atoms with van der Waals surface area (Å²) < 4.78 is 4.58. The molecule has 0 unspecified atom stereocenters. The van der Waals surface area contributed by atoms with Gasteiger partial charge in [0.25, 0.3) is 0 Å². The first-order valence-corrected chi connectivity index (χ1v) is 7.58. The molecule has 2 aromatic heterocycles. The van der Waals surface area contributed by atoms with Gasteiger partial charge >= 0.3 is 0 Å². The molecular formula is C13H9Br2N3S. The van der Waals surface area contributed by atoms with E-state index in [2.05, 4.69) is 54.8 Å². The van der Waals surface area contributed by atoms with Gasteiger partial charge in [-0.05, 0) is 64.9 Å². The number of pyridine rings is 1. The van der Waals surface area contributed by atoms with Crippen LogP contribution in [0.2, 0.25) is 0 Å². The van der Waals surface area contributed by atoms with Gasteiger partial charge in [0, 0.05) is 15.1 Å². The van der Waals surface area contributed by atoms with Crippen molar-refractivity contribution in [2.75, 3.05) is 0 Å². The van der Waals surface area contributed by atoms with Crippen molar-refractivity contribution in [3.8, 4) is 5.69 Å². The number of H-pyrrole nitrogens is 1. The van der Waals surface area contributed by atoms with Crippen LogP contribution in [0.15, 0.2) is 39.4 Å². The number of hydrogen-bond acceptors (Lipinski definition) is 2. The zero-order valence-corrected chi connectivity index (χ0v) is 13.9. The number of aryl methyl sites for hydroxylation is 1. The Hall–Kier alpha value is -0.980. The summed E-state index contributed by atoms with van der Waals surface area (Å²) in [7, 11) is 0. The number of rotatable bonds is 1. The largest absolute Gasteiger partial charge is 0.329 e. The molecule has 1 aromatic carbocycles. The minimum absolute atomic E-state index is 0.644. The molecule has 96 valence electrons. The molecule has 0 aliphatic rings. The Labute approximate surface area is 131 Å². The standard InChI is InChI=1S/C13H9Br2N3S/c1-7-4-8(14)2-3-11(7)18-12-10(17-13(18)19)5-9(15)6-16-12/h2-6H,1H3,(H,17,19). The Morgan fingerprint density at radius 1 is 1.21 bits per heavy atom. The van der Waals surface area contributed by atoms with E-state index in [1.807, 2.05) is 22.8 Å². The highest BCUT2D eigenvalue weighted by Crippen LogP contribution is 2.24. The van der Waals surface area contributed by atoms with E-state index >= 15 is 0 Å². The van der Waals surface area contributed by atoms with Crippen molar-refractivity contribution in [1.29, 1.82) is 0 Å². The van der Waals surface area contributed by atoms with Gasteiger partial charge in [-0.15, -0.1) is 0 Å². The molecular weight excluding hydrogens is 390 g/mol. The topological polar surface area (TPSA) is 33.6 Å². The third-order valence-corrected chi connectivity index (χ3v) is 4.10. The SMILES string of the molecule is Cc1cc(Br)ccc1-n1c(=S)[nH]c2cc(Br)cnc21. The summed E-state index contributed by atoms with van der Waals surface area (Å²) in [5.74, 6) is 0. The highest BCUT2D eigenvalue weighted by molar-refractivity contribution is 9.10. The van der Waals surface area contributed by atoms with E-state index < -0.39 is 0 Å². The quantitative estimate of drug-likeness (QED) is 0.590. The lowest BCUT2D eigenvalue weighted by molar-refractivity contribution is 1.03. The molecule has 0 spiro atoms. The van der Waals surface area contributed by atoms with Gasteiger partial charge in [0.1, 0.15) is 0 Å². The summed E-state index contributed by atoms with van der Waals surface area (Å²) in [5, 5.41) is 0. The Kier molecular flexibility index (Phi) is 3.32. The van der Waals surface area contributed by atoms with Crippen molar-refractivity contribution in [3.63, 3.8) is 0 Å². The Balaban J connectivity index is 2.36. The second-order valence-electron chi connectivity index (χ2n) is 4.22. The van der Waals surface area contributed by atoms with Crippen molar-refractivity contribution in [2.45, 2.75) is 6.92 Å². The van der Waals surface area contributed by atoms with Gasteiger partial charge in [0.05, 0.1) is 11.2 Å². The van der Waals surface area contributed by atoms with E-state index in [1.54, 1.807) is 6.20 Å². The summed E-state index contributed by atoms with van der Waals surface area (Å²) in [6.45, 7) is 2.06. The van der Waals surface area contributed by atoms with E-state index in [-0.39, 0.29) is 0 Å². The number of hydrogen-bond donors (Lipinski definition) is 1. The fraction of sp³-hybridized carbons (Fsp3) is 0.0769. The molecule has 0 fully saturated rings. The molecule has 0 aliphatic carbocycles. The average molecular weight is 399 g/mol. The van der Waals surface area contributed by atoms with Crippen molar-refractivity contribution in [2.24, 2.45) is 0 Å². The number of aromatic nitrogens is 3. The average Bonchev–Trinajstić information content (AvgIpc) is 2.65. The van der Waals surface area contributed by atoms with E-state index in [0.717, 1.165) is 31.4 Å². The van der Waals surface area contributed by atoms with Crippen LogP contribution < -0.4 is 0 Å². The third-order valence-electron chi connectivity index (χ3n) is 2.89. The Morgan fingerprint density at radius 2 is 2.00 bits per heavy atom. The number of nitrogens with zero attached hydrogens (tertiary/aromatic N) is 2. The molecule has 0 radical (unpaired) electrons. The van der Waals surface area contributed by atoms with Crippen molar-refractivity contribution < 1.29 is 0 Å². The maximum atomic E-state index is 5.41. The monoisotopic (exact) mass is 397 g/mol. The third kappa shape index (κ3) is 2.28. The van der Waals surface area contributed by atoms with E-state index in [1.165, 1.54) is 0 Å². The van der Waals surface area contributed by atoms with Crippen LogP contribution >= 0.6 is 44.1 Å². The highest BCUT2D eigenvalue weighted by Gasteiger charge is 2.10. The van der Waals surface area contributed by atoms with E-state index in [0.29, 0.717) is 4.77 Å². The van der Waals surface area contributed by atoms with Crippen LogP contribution in [-0.2, 0) is 0 Å². The summed E-state index contributed by atoms with van der Waals surface area (Å²) in [6, 6.07) is 8.08. The normalized spacial score (nSPS) is 11.1. The lowest BCUT2D eigenvalue weighted by atomic mass is 10.2. The Morgan fingerprint density at radius 3 is 2.74 bits per heavy atom. The van der Waals surface area contributed by atoms with Crippen LogP contribution in [0, 0.1) is 11.7 Å². The van der Waals surface area contributed by atoms with Crippen LogP contribution in [0.5, 0.6) is 0 Å². The van der Waals surface area contributed by atoms with Gasteiger partial charge in [-0.2, -0.15) is 0 Å². The molecule has 0 saturated heterocycles. The van der Waals surface area contributed by atoms with Crippen molar-refractivity contribution in [3.05, 3.63) is 49.7 Å². The molecule has 0 aliphatic heterocycles. The molecule has 0 bridgehead atoms. The van der Waals surface area contributed by atoms with Gasteiger partial charge in [-0.1, -0.05) is 15.9 Å². The maximum Gasteiger partial charge on any atom is 0.184 e. The molecule has 3 nitrogen and oxygen atoms in total. The molecule has 0 atom stereocenters. The van der Waals surface area contributed by atoms with E-state index in [9.17, 15) is 0 Å². The summed E-state index contributed by atoms with van der Waals surface area (Å²) in [4.78, 5) is 7.63. The molecule has 0 saturated carbocycles. The minimum Gasteiger partial charge on any atom is -0.329 e. The minimum atomic E-state index is 0.644. The van der Waals surface area contributed by atoms with Crippen LogP contribution in [-0.4, -0.2) is 14.5 Å². The number of halogens is 2. The molecule has 1 N–H and O–H groups in total. The zero-order chi connectivity index (χ0) is 13.6. The smallest absolute Gasteiger partial charge is 0.184 e. The first-order valence-electron chi connectivity index (χ1n) is 5.59. The van der Waals surface area contributed by atoms with Gasteiger partial charge in [-0.25, -0.2) is 4.98 Å². The second-order valence-corrected chi connectivity index (χ2v) is 6.44. The second kappa shape index (κ2) is 4.85. The van der Waals surface area contributed by atoms with Gasteiger partial charge in [0.15, 0.2) is 10.4 Å². The zero-order valence-electron chi connectivity index (χ0n) is 9.95. The van der Waals surface area contributed by atoms with Gasteiger partial charge in [0.2, 0.25) is 0 Å². The molecule has 19 heavy (non-hydrogen) atoms. The van der Waals surface area contributed by atoms with Crippen molar-refractivity contribution >= 4 is 55.2 Å². The Bertz CT molecular complexity index is 836. The first kappa shape index (κ1) is 13.0.